The highest BCUT2D eigenvalue weighted by Crippen LogP contribution is 2.34. The van der Waals surface area contributed by atoms with Crippen LogP contribution in [0.5, 0.6) is 5.75 Å². The number of fused-ring (bicyclic) bond motifs is 1. The first-order valence-corrected chi connectivity index (χ1v) is 9.31. The van der Waals surface area contributed by atoms with Crippen molar-refractivity contribution in [3.8, 4) is 23.3 Å². The van der Waals surface area contributed by atoms with Gasteiger partial charge in [-0.2, -0.15) is 0 Å². The van der Waals surface area contributed by atoms with Crippen LogP contribution < -0.4 is 11.5 Å². The fourth-order valence-corrected chi connectivity index (χ4v) is 3.59. The first kappa shape index (κ1) is 19.7. The van der Waals surface area contributed by atoms with Gasteiger partial charge in [-0.3, -0.25) is 9.36 Å². The van der Waals surface area contributed by atoms with Crippen molar-refractivity contribution in [1.29, 1.82) is 0 Å². The number of nitrogens with two attached hydrogens (primary N) is 2. The van der Waals surface area contributed by atoms with Crippen molar-refractivity contribution < 1.29 is 19.7 Å². The van der Waals surface area contributed by atoms with Gasteiger partial charge in [-0.05, 0) is 31.4 Å². The fraction of sp³-hybridized carbons (Fsp3) is 0.286. The summed E-state index contributed by atoms with van der Waals surface area (Å²) >= 11 is 0. The molecule has 2 aromatic heterocycles. The minimum Gasteiger partial charge on any atom is -0.508 e. The van der Waals surface area contributed by atoms with Crippen LogP contribution in [0, 0.1) is 25.7 Å². The number of carbonyl (C=O) groups is 1. The van der Waals surface area contributed by atoms with Crippen LogP contribution >= 0.6 is 0 Å². The third kappa shape index (κ3) is 3.12. The summed E-state index contributed by atoms with van der Waals surface area (Å²) in [5, 5.41) is 20.6. The number of aryl methyl sites for hydroxylation is 1. The molecule has 1 aliphatic heterocycles. The SMILES string of the molecule is Cc1ccc(O)c(C)c1-n1c(N)c(C(N)=O)c2ncc(C#CC3(O)CCOC3)nc21. The smallest absolute Gasteiger partial charge is 0.254 e. The Kier molecular flexibility index (Phi) is 4.61. The van der Waals surface area contributed by atoms with E-state index in [9.17, 15) is 15.0 Å². The molecule has 1 saturated heterocycles. The Balaban J connectivity index is 1.98. The molecular weight excluding hydrogens is 386 g/mol. The maximum absolute atomic E-state index is 12.1. The number of aromatic nitrogens is 3. The van der Waals surface area contributed by atoms with E-state index in [0.29, 0.717) is 24.3 Å². The van der Waals surface area contributed by atoms with Crippen molar-refractivity contribution in [2.75, 3.05) is 18.9 Å². The lowest BCUT2D eigenvalue weighted by molar-refractivity contribution is 0.0765. The highest BCUT2D eigenvalue weighted by molar-refractivity contribution is 6.09. The lowest BCUT2D eigenvalue weighted by Crippen LogP contribution is -2.26. The van der Waals surface area contributed by atoms with Crippen LogP contribution in [0.1, 0.15) is 33.6 Å². The molecule has 1 amide bonds. The van der Waals surface area contributed by atoms with Crippen molar-refractivity contribution in [2.45, 2.75) is 25.9 Å². The Morgan fingerprint density at radius 1 is 1.37 bits per heavy atom. The lowest BCUT2D eigenvalue weighted by Gasteiger charge is -2.15. The van der Waals surface area contributed by atoms with Crippen molar-refractivity contribution in [3.63, 3.8) is 0 Å². The third-order valence-corrected chi connectivity index (χ3v) is 5.20. The van der Waals surface area contributed by atoms with E-state index in [1.54, 1.807) is 23.6 Å². The molecule has 0 radical (unpaired) electrons. The van der Waals surface area contributed by atoms with E-state index >= 15 is 0 Å². The number of nitrogen functional groups attached to an aromatic ring is 1. The summed E-state index contributed by atoms with van der Waals surface area (Å²) in [6.45, 7) is 4.16. The Bertz CT molecular complexity index is 1250. The van der Waals surface area contributed by atoms with Crippen LogP contribution in [0.15, 0.2) is 18.3 Å². The number of phenols is 1. The van der Waals surface area contributed by atoms with E-state index in [1.807, 2.05) is 6.92 Å². The highest BCUT2D eigenvalue weighted by Gasteiger charge is 2.30. The first-order chi connectivity index (χ1) is 14.2. The average molecular weight is 407 g/mol. The minimum atomic E-state index is -1.23. The molecule has 1 atom stereocenters. The topological polar surface area (TPSA) is 150 Å². The third-order valence-electron chi connectivity index (χ3n) is 5.20. The number of aromatic hydroxyl groups is 1. The molecule has 9 heteroatoms. The van der Waals surface area contributed by atoms with Crippen molar-refractivity contribution in [1.82, 2.24) is 14.5 Å². The molecule has 1 fully saturated rings. The van der Waals surface area contributed by atoms with Crippen LogP contribution in [0.2, 0.25) is 0 Å². The second kappa shape index (κ2) is 7.02. The van der Waals surface area contributed by atoms with Gasteiger partial charge < -0.3 is 26.4 Å². The molecule has 0 spiro atoms. The van der Waals surface area contributed by atoms with Gasteiger partial charge in [0.25, 0.3) is 5.91 Å². The number of aliphatic hydroxyl groups is 1. The van der Waals surface area contributed by atoms with Crippen molar-refractivity contribution in [3.05, 3.63) is 40.7 Å². The molecular formula is C21H21N5O4. The van der Waals surface area contributed by atoms with E-state index in [1.165, 1.54) is 6.20 Å². The van der Waals surface area contributed by atoms with Crippen LogP contribution in [-0.2, 0) is 4.74 Å². The van der Waals surface area contributed by atoms with E-state index in [2.05, 4.69) is 21.8 Å². The summed E-state index contributed by atoms with van der Waals surface area (Å²) < 4.78 is 6.74. The van der Waals surface area contributed by atoms with Crippen LogP contribution in [0.4, 0.5) is 5.82 Å². The molecule has 1 aromatic carbocycles. The Hall–Kier alpha value is -3.61. The van der Waals surface area contributed by atoms with Crippen LogP contribution in [-0.4, -0.2) is 49.5 Å². The number of primary amides is 1. The van der Waals surface area contributed by atoms with Crippen molar-refractivity contribution in [2.24, 2.45) is 5.73 Å². The number of amides is 1. The molecule has 30 heavy (non-hydrogen) atoms. The Morgan fingerprint density at radius 3 is 2.80 bits per heavy atom. The number of hydrogen-bond donors (Lipinski definition) is 4. The molecule has 9 nitrogen and oxygen atoms in total. The van der Waals surface area contributed by atoms with Gasteiger partial charge in [-0.25, -0.2) is 9.97 Å². The maximum Gasteiger partial charge on any atom is 0.254 e. The van der Waals surface area contributed by atoms with Crippen LogP contribution in [0.25, 0.3) is 16.9 Å². The predicted molar refractivity (Wildman–Crippen MR) is 110 cm³/mol. The standard InChI is InChI=1S/C21H21N5O4/c1-11-3-4-14(27)12(2)17(11)26-18(22)15(19(23)28)16-20(26)25-13(9-24-16)5-6-21(29)7-8-30-10-21/h3-4,9,27,29H,7-8,10,22H2,1-2H3,(H2,23,28). The summed E-state index contributed by atoms with van der Waals surface area (Å²) in [7, 11) is 0. The fourth-order valence-electron chi connectivity index (χ4n) is 3.59. The van der Waals surface area contributed by atoms with Gasteiger partial charge in [0, 0.05) is 12.0 Å². The number of hydrogen-bond acceptors (Lipinski definition) is 7. The zero-order chi connectivity index (χ0) is 21.6. The van der Waals surface area contributed by atoms with Gasteiger partial charge in [0.15, 0.2) is 11.2 Å². The number of ether oxygens (including phenoxy) is 1. The summed E-state index contributed by atoms with van der Waals surface area (Å²) in [5.74, 6) is 5.01. The van der Waals surface area contributed by atoms with E-state index < -0.39 is 11.5 Å². The number of rotatable bonds is 2. The summed E-state index contributed by atoms with van der Waals surface area (Å²) in [5.41, 5.74) is 13.4. The number of anilines is 1. The van der Waals surface area contributed by atoms with Gasteiger partial charge in [0.2, 0.25) is 0 Å². The number of carbonyl (C=O) groups excluding carboxylic acids is 1. The Morgan fingerprint density at radius 2 is 2.13 bits per heavy atom. The van der Waals surface area contributed by atoms with E-state index in [4.69, 9.17) is 16.2 Å². The largest absolute Gasteiger partial charge is 0.508 e. The van der Waals surface area contributed by atoms with Gasteiger partial charge in [0.1, 0.15) is 28.3 Å². The number of phenolic OH excluding ortho intramolecular Hbond substituents is 1. The molecule has 0 bridgehead atoms. The van der Waals surface area contributed by atoms with E-state index in [-0.39, 0.29) is 40.6 Å². The zero-order valence-electron chi connectivity index (χ0n) is 16.6. The molecule has 3 aromatic rings. The second-order valence-corrected chi connectivity index (χ2v) is 7.35. The minimum absolute atomic E-state index is 0.0435. The monoisotopic (exact) mass is 407 g/mol. The van der Waals surface area contributed by atoms with Crippen molar-refractivity contribution >= 4 is 22.9 Å². The first-order valence-electron chi connectivity index (χ1n) is 9.31. The molecule has 0 aliphatic carbocycles. The molecule has 6 N–H and O–H groups in total. The predicted octanol–water partition coefficient (Wildman–Crippen LogP) is 0.927. The molecule has 1 aliphatic rings. The molecule has 0 saturated carbocycles. The van der Waals surface area contributed by atoms with E-state index in [0.717, 1.165) is 5.56 Å². The average Bonchev–Trinajstić information content (AvgIpc) is 3.25. The molecule has 154 valence electrons. The molecule has 3 heterocycles. The Labute approximate surface area is 172 Å². The summed E-state index contributed by atoms with van der Waals surface area (Å²) in [6.07, 6.45) is 1.80. The maximum atomic E-state index is 12.1. The normalized spacial score (nSPS) is 18.4. The number of benzene rings is 1. The summed E-state index contributed by atoms with van der Waals surface area (Å²) in [4.78, 5) is 20.9. The molecule has 4 rings (SSSR count). The van der Waals surface area contributed by atoms with Crippen LogP contribution in [0.3, 0.4) is 0 Å². The highest BCUT2D eigenvalue weighted by atomic mass is 16.5. The summed E-state index contributed by atoms with van der Waals surface area (Å²) in [6, 6.07) is 3.32. The molecule has 1 unspecified atom stereocenters. The number of nitrogens with zero attached hydrogens (tertiary/aromatic N) is 3. The van der Waals surface area contributed by atoms with Gasteiger partial charge in [-0.1, -0.05) is 12.0 Å². The van der Waals surface area contributed by atoms with Gasteiger partial charge in [0.05, 0.1) is 25.1 Å². The van der Waals surface area contributed by atoms with Gasteiger partial charge >= 0.3 is 0 Å². The lowest BCUT2D eigenvalue weighted by atomic mass is 10.0. The quantitative estimate of drug-likeness (QED) is 0.462. The van der Waals surface area contributed by atoms with Gasteiger partial charge in [-0.15, -0.1) is 0 Å². The zero-order valence-corrected chi connectivity index (χ0v) is 16.6. The second-order valence-electron chi connectivity index (χ2n) is 7.35.